The number of thiocarbonyl (C=S) groups is 1. The summed E-state index contributed by atoms with van der Waals surface area (Å²) in [6, 6.07) is 21.9. The average Bonchev–Trinajstić information content (AvgIpc) is 3.15. The third-order valence-corrected chi connectivity index (χ3v) is 7.34. The Morgan fingerprint density at radius 3 is 2.39 bits per heavy atom. The van der Waals surface area contributed by atoms with Crippen molar-refractivity contribution in [3.05, 3.63) is 96.1 Å². The topological polar surface area (TPSA) is 131 Å². The monoisotopic (exact) mass is 599 g/mol. The van der Waals surface area contributed by atoms with Crippen LogP contribution in [-0.4, -0.2) is 31.5 Å². The number of halogens is 3. The van der Waals surface area contributed by atoms with Crippen molar-refractivity contribution in [2.75, 3.05) is 9.91 Å². The van der Waals surface area contributed by atoms with Gasteiger partial charge in [0, 0.05) is 5.56 Å². The fraction of sp³-hybridized carbons (Fsp3) is 0.0741. The van der Waals surface area contributed by atoms with Crippen molar-refractivity contribution in [1.82, 2.24) is 0 Å². The minimum absolute atomic E-state index is 0.00803. The van der Waals surface area contributed by atoms with Crippen molar-refractivity contribution in [3.8, 4) is 5.75 Å². The van der Waals surface area contributed by atoms with Crippen LogP contribution in [0.25, 0.3) is 10.8 Å². The molecule has 0 spiro atoms. The minimum Gasteiger partial charge on any atom is -0.406 e. The fourth-order valence-corrected chi connectivity index (χ4v) is 5.39. The van der Waals surface area contributed by atoms with Gasteiger partial charge < -0.3 is 15.4 Å². The summed E-state index contributed by atoms with van der Waals surface area (Å²) < 4.78 is 67.7. The van der Waals surface area contributed by atoms with Crippen LogP contribution in [-0.2, 0) is 21.4 Å². The van der Waals surface area contributed by atoms with E-state index in [1.807, 2.05) is 42.5 Å². The highest BCUT2D eigenvalue weighted by Crippen LogP contribution is 2.37. The van der Waals surface area contributed by atoms with Crippen molar-refractivity contribution in [2.45, 2.75) is 17.8 Å². The summed E-state index contributed by atoms with van der Waals surface area (Å²) in [4.78, 5) is 14.8. The SMILES string of the molecule is NC(=S)N(/N=C1\C(=O)N(Cc2cccc3ccccc23)c2ccc(OC(F)(F)F)cc21)c1ccccc1S(N)(=O)=O. The number of benzene rings is 4. The molecule has 210 valence electrons. The van der Waals surface area contributed by atoms with Crippen LogP contribution >= 0.6 is 12.2 Å². The van der Waals surface area contributed by atoms with Crippen LogP contribution in [0.1, 0.15) is 11.1 Å². The molecule has 14 heteroatoms. The lowest BCUT2D eigenvalue weighted by Crippen LogP contribution is -2.36. The van der Waals surface area contributed by atoms with E-state index in [2.05, 4.69) is 9.84 Å². The second-order valence-corrected chi connectivity index (χ2v) is 10.8. The van der Waals surface area contributed by atoms with Gasteiger partial charge in [-0.3, -0.25) is 4.79 Å². The van der Waals surface area contributed by atoms with Gasteiger partial charge in [-0.05, 0) is 58.9 Å². The number of nitrogens with zero attached hydrogens (tertiary/aromatic N) is 3. The molecule has 0 saturated carbocycles. The van der Waals surface area contributed by atoms with Crippen LogP contribution in [0.15, 0.2) is 94.9 Å². The molecule has 1 amide bonds. The third kappa shape index (κ3) is 5.70. The molecule has 0 aromatic heterocycles. The van der Waals surface area contributed by atoms with Gasteiger partial charge in [-0.15, -0.1) is 13.2 Å². The van der Waals surface area contributed by atoms with Gasteiger partial charge in [0.1, 0.15) is 10.6 Å². The van der Waals surface area contributed by atoms with E-state index in [1.54, 1.807) is 0 Å². The van der Waals surface area contributed by atoms with Gasteiger partial charge in [-0.25, -0.2) is 18.6 Å². The first kappa shape index (κ1) is 28.0. The molecule has 0 radical (unpaired) electrons. The number of carbonyl (C=O) groups is 1. The second-order valence-electron chi connectivity index (χ2n) is 8.87. The number of rotatable bonds is 6. The molecular weight excluding hydrogens is 579 g/mol. The smallest absolute Gasteiger partial charge is 0.406 e. The van der Waals surface area contributed by atoms with Crippen molar-refractivity contribution in [3.63, 3.8) is 0 Å². The molecule has 5 rings (SSSR count). The maximum atomic E-state index is 13.8. The van der Waals surface area contributed by atoms with Crippen LogP contribution in [0.3, 0.4) is 0 Å². The summed E-state index contributed by atoms with van der Waals surface area (Å²) in [6.45, 7) is 0.0481. The molecule has 1 heterocycles. The Bertz CT molecular complexity index is 1840. The van der Waals surface area contributed by atoms with Crippen LogP contribution < -0.4 is 25.5 Å². The highest BCUT2D eigenvalue weighted by atomic mass is 32.2. The van der Waals surface area contributed by atoms with Gasteiger partial charge >= 0.3 is 6.36 Å². The zero-order valence-corrected chi connectivity index (χ0v) is 22.5. The van der Waals surface area contributed by atoms with E-state index in [9.17, 15) is 26.4 Å². The maximum absolute atomic E-state index is 13.8. The van der Waals surface area contributed by atoms with Crippen molar-refractivity contribution in [2.24, 2.45) is 16.0 Å². The summed E-state index contributed by atoms with van der Waals surface area (Å²) >= 11 is 5.10. The van der Waals surface area contributed by atoms with Crippen molar-refractivity contribution < 1.29 is 31.1 Å². The molecule has 4 aromatic carbocycles. The third-order valence-electron chi connectivity index (χ3n) is 6.21. The fourth-order valence-electron chi connectivity index (χ4n) is 4.54. The van der Waals surface area contributed by atoms with E-state index in [-0.39, 0.29) is 34.1 Å². The number of nitrogens with two attached hydrogens (primary N) is 2. The zero-order chi connectivity index (χ0) is 29.5. The van der Waals surface area contributed by atoms with Gasteiger partial charge in [0.2, 0.25) is 10.0 Å². The zero-order valence-electron chi connectivity index (χ0n) is 20.9. The Morgan fingerprint density at radius 2 is 1.68 bits per heavy atom. The number of fused-ring (bicyclic) bond motifs is 2. The number of anilines is 2. The number of primary sulfonamides is 1. The van der Waals surface area contributed by atoms with Crippen LogP contribution in [0.4, 0.5) is 24.5 Å². The molecule has 0 fully saturated rings. The summed E-state index contributed by atoms with van der Waals surface area (Å²) in [5.74, 6) is -1.28. The predicted octanol–water partition coefficient (Wildman–Crippen LogP) is 4.39. The van der Waals surface area contributed by atoms with Crippen molar-refractivity contribution >= 4 is 61.1 Å². The summed E-state index contributed by atoms with van der Waals surface area (Å²) in [6.07, 6.45) is -4.99. The molecule has 4 aromatic rings. The Morgan fingerprint density at radius 1 is 1.00 bits per heavy atom. The quantitative estimate of drug-likeness (QED) is 0.248. The number of sulfonamides is 1. The van der Waals surface area contributed by atoms with Gasteiger partial charge in [0.25, 0.3) is 5.91 Å². The number of para-hydroxylation sites is 1. The minimum atomic E-state index is -4.99. The Hall–Kier alpha value is -4.53. The predicted molar refractivity (Wildman–Crippen MR) is 152 cm³/mol. The van der Waals surface area contributed by atoms with Gasteiger partial charge in [0.15, 0.2) is 10.8 Å². The molecule has 0 bridgehead atoms. The molecule has 41 heavy (non-hydrogen) atoms. The van der Waals surface area contributed by atoms with E-state index in [0.29, 0.717) is 0 Å². The standard InChI is InChI=1S/C27H20F3N5O4S2/c28-27(29,30)39-18-12-13-21-20(14-18)24(33-35(26(31)40)22-10-3-4-11-23(22)41(32,37)38)25(36)34(21)15-17-8-5-7-16-6-1-2-9-19(16)17/h1-14H,15H2,(H2,31,40)(H2,32,37,38)/b33-24-. The molecule has 4 N–H and O–H groups in total. The highest BCUT2D eigenvalue weighted by molar-refractivity contribution is 7.89. The number of hydrazone groups is 1. The number of ether oxygens (including phenoxy) is 1. The Labute approximate surface area is 237 Å². The molecule has 1 aliphatic heterocycles. The number of amides is 1. The first-order valence-electron chi connectivity index (χ1n) is 11.8. The molecule has 0 unspecified atom stereocenters. The largest absolute Gasteiger partial charge is 0.573 e. The van der Waals surface area contributed by atoms with Crippen LogP contribution in [0.2, 0.25) is 0 Å². The van der Waals surface area contributed by atoms with E-state index in [1.165, 1.54) is 35.2 Å². The molecule has 1 aliphatic rings. The summed E-state index contributed by atoms with van der Waals surface area (Å²) in [7, 11) is -4.29. The average molecular weight is 600 g/mol. The lowest BCUT2D eigenvalue weighted by atomic mass is 10.0. The summed E-state index contributed by atoms with van der Waals surface area (Å²) in [5.41, 5.74) is 6.39. The van der Waals surface area contributed by atoms with Gasteiger partial charge in [0.05, 0.1) is 17.9 Å². The molecule has 9 nitrogen and oxygen atoms in total. The molecular formula is C27H20F3N5O4S2. The highest BCUT2D eigenvalue weighted by Gasteiger charge is 2.38. The number of hydrogen-bond acceptors (Lipinski definition) is 6. The molecule has 0 aliphatic carbocycles. The van der Waals surface area contributed by atoms with Gasteiger partial charge in [-0.2, -0.15) is 5.10 Å². The number of alkyl halides is 3. The number of carbonyl (C=O) groups excluding carboxylic acids is 1. The molecule has 0 saturated heterocycles. The first-order valence-corrected chi connectivity index (χ1v) is 13.8. The lowest BCUT2D eigenvalue weighted by molar-refractivity contribution is -0.274. The Kier molecular flexibility index (Phi) is 7.15. The molecule has 0 atom stereocenters. The lowest BCUT2D eigenvalue weighted by Gasteiger charge is -2.20. The number of hydrogen-bond donors (Lipinski definition) is 2. The first-order chi connectivity index (χ1) is 19.3. The normalized spacial score (nSPS) is 14.4. The van der Waals surface area contributed by atoms with E-state index in [0.717, 1.165) is 33.5 Å². The van der Waals surface area contributed by atoms with E-state index in [4.69, 9.17) is 23.1 Å². The van der Waals surface area contributed by atoms with Crippen LogP contribution in [0.5, 0.6) is 5.75 Å². The maximum Gasteiger partial charge on any atom is 0.573 e. The summed E-state index contributed by atoms with van der Waals surface area (Å²) in [5, 5.41) is 11.8. The van der Waals surface area contributed by atoms with E-state index >= 15 is 0 Å². The Balaban J connectivity index is 1.67. The van der Waals surface area contributed by atoms with Crippen molar-refractivity contribution in [1.29, 1.82) is 0 Å². The second kappa shape index (κ2) is 10.5. The van der Waals surface area contributed by atoms with Crippen LogP contribution in [0, 0.1) is 0 Å². The van der Waals surface area contributed by atoms with Gasteiger partial charge in [-0.1, -0.05) is 54.6 Å². The van der Waals surface area contributed by atoms with E-state index < -0.39 is 33.2 Å².